The molecule has 5 heteroatoms. The Kier molecular flexibility index (Phi) is 6.12. The molecule has 2 N–H and O–H groups in total. The average Bonchev–Trinajstić information content (AvgIpc) is 2.70. The van der Waals surface area contributed by atoms with Gasteiger partial charge in [0, 0.05) is 25.0 Å². The number of nitrogens with zero attached hydrogens (tertiary/aromatic N) is 1. The summed E-state index contributed by atoms with van der Waals surface area (Å²) in [6, 6.07) is 19.9. The normalized spacial score (nSPS) is 18.1. The zero-order valence-electron chi connectivity index (χ0n) is 15.5. The number of rotatable bonds is 5. The van der Waals surface area contributed by atoms with Crippen LogP contribution >= 0.6 is 0 Å². The fraction of sp³-hybridized carbons (Fsp3) is 0.364. The smallest absolute Gasteiger partial charge is 0.317 e. The number of hydrogen-bond acceptors (Lipinski definition) is 2. The maximum Gasteiger partial charge on any atom is 0.317 e. The van der Waals surface area contributed by atoms with Crippen molar-refractivity contribution in [2.24, 2.45) is 5.92 Å². The molecule has 0 aliphatic carbocycles. The van der Waals surface area contributed by atoms with Gasteiger partial charge in [0.1, 0.15) is 0 Å². The number of carbonyl (C=O) groups is 2. The van der Waals surface area contributed by atoms with Gasteiger partial charge < -0.3 is 15.3 Å². The predicted molar refractivity (Wildman–Crippen MR) is 105 cm³/mol. The Bertz CT molecular complexity index is 724. The number of piperidine rings is 1. The second-order valence-corrected chi connectivity index (χ2v) is 7.16. The zero-order chi connectivity index (χ0) is 19.2. The zero-order valence-corrected chi connectivity index (χ0v) is 15.5. The van der Waals surface area contributed by atoms with Crippen molar-refractivity contribution >= 4 is 12.0 Å². The summed E-state index contributed by atoms with van der Waals surface area (Å²) in [7, 11) is 0. The second-order valence-electron chi connectivity index (χ2n) is 7.16. The molecule has 0 radical (unpaired) electrons. The van der Waals surface area contributed by atoms with Crippen LogP contribution in [0.25, 0.3) is 0 Å². The van der Waals surface area contributed by atoms with Gasteiger partial charge in [-0.25, -0.2) is 4.79 Å². The molecule has 0 spiro atoms. The molecule has 0 aromatic heterocycles. The van der Waals surface area contributed by atoms with E-state index in [1.54, 1.807) is 4.90 Å². The lowest BCUT2D eigenvalue weighted by Crippen LogP contribution is -2.50. The van der Waals surface area contributed by atoms with E-state index in [1.807, 2.05) is 43.3 Å². The SMILES string of the molecule is CC(NC(=O)N1CCCC(C(=O)O)C1)C(c1ccccc1)c1ccccc1. The van der Waals surface area contributed by atoms with Gasteiger partial charge in [0.05, 0.1) is 5.92 Å². The molecule has 2 unspecified atom stereocenters. The highest BCUT2D eigenvalue weighted by atomic mass is 16.4. The molecule has 1 heterocycles. The lowest BCUT2D eigenvalue weighted by molar-refractivity contribution is -0.143. The van der Waals surface area contributed by atoms with Crippen molar-refractivity contribution in [2.45, 2.75) is 31.7 Å². The molecule has 2 aromatic rings. The largest absolute Gasteiger partial charge is 0.481 e. The first-order valence-corrected chi connectivity index (χ1v) is 9.44. The summed E-state index contributed by atoms with van der Waals surface area (Å²) in [4.78, 5) is 25.7. The molecule has 1 aliphatic rings. The molecule has 2 aromatic carbocycles. The van der Waals surface area contributed by atoms with Crippen LogP contribution in [0.2, 0.25) is 0 Å². The van der Waals surface area contributed by atoms with Gasteiger partial charge in [0.25, 0.3) is 0 Å². The third-order valence-corrected chi connectivity index (χ3v) is 5.23. The van der Waals surface area contributed by atoms with Crippen LogP contribution in [-0.2, 0) is 4.79 Å². The van der Waals surface area contributed by atoms with E-state index in [4.69, 9.17) is 0 Å². The van der Waals surface area contributed by atoms with Crippen molar-refractivity contribution in [3.05, 3.63) is 71.8 Å². The highest BCUT2D eigenvalue weighted by molar-refractivity contribution is 5.77. The average molecular weight is 366 g/mol. The number of amides is 2. The van der Waals surface area contributed by atoms with Gasteiger partial charge in [-0.1, -0.05) is 60.7 Å². The third-order valence-electron chi connectivity index (χ3n) is 5.23. The molecule has 0 saturated carbocycles. The molecule has 1 aliphatic heterocycles. The van der Waals surface area contributed by atoms with Gasteiger partial charge >= 0.3 is 12.0 Å². The Morgan fingerprint density at radius 3 is 2.11 bits per heavy atom. The summed E-state index contributed by atoms with van der Waals surface area (Å²) in [5, 5.41) is 12.3. The molecule has 5 nitrogen and oxygen atoms in total. The first-order chi connectivity index (χ1) is 13.1. The summed E-state index contributed by atoms with van der Waals surface area (Å²) in [5.41, 5.74) is 2.28. The number of carboxylic acid groups (broad SMARTS) is 1. The Labute approximate surface area is 160 Å². The van der Waals surface area contributed by atoms with Gasteiger partial charge in [0.15, 0.2) is 0 Å². The third kappa shape index (κ3) is 4.67. The summed E-state index contributed by atoms with van der Waals surface area (Å²) in [6.45, 7) is 2.88. The van der Waals surface area contributed by atoms with E-state index in [9.17, 15) is 14.7 Å². The minimum atomic E-state index is -0.827. The van der Waals surface area contributed by atoms with E-state index in [1.165, 1.54) is 0 Å². The number of benzene rings is 2. The maximum atomic E-state index is 12.8. The fourth-order valence-electron chi connectivity index (χ4n) is 3.82. The predicted octanol–water partition coefficient (Wildman–Crippen LogP) is 3.71. The molecule has 2 amide bonds. The Balaban J connectivity index is 1.76. The number of urea groups is 1. The van der Waals surface area contributed by atoms with Gasteiger partial charge in [-0.05, 0) is 30.9 Å². The van der Waals surface area contributed by atoms with Crippen molar-refractivity contribution in [1.82, 2.24) is 10.2 Å². The van der Waals surface area contributed by atoms with Crippen LogP contribution in [0.5, 0.6) is 0 Å². The van der Waals surface area contributed by atoms with Crippen LogP contribution in [0.3, 0.4) is 0 Å². The monoisotopic (exact) mass is 366 g/mol. The van der Waals surface area contributed by atoms with E-state index in [2.05, 4.69) is 29.6 Å². The lowest BCUT2D eigenvalue weighted by atomic mass is 9.86. The summed E-state index contributed by atoms with van der Waals surface area (Å²) < 4.78 is 0. The van der Waals surface area contributed by atoms with E-state index in [-0.39, 0.29) is 24.5 Å². The first-order valence-electron chi connectivity index (χ1n) is 9.44. The minimum Gasteiger partial charge on any atom is -0.481 e. The van der Waals surface area contributed by atoms with Crippen LogP contribution in [0, 0.1) is 5.92 Å². The van der Waals surface area contributed by atoms with Crippen LogP contribution in [-0.4, -0.2) is 41.1 Å². The van der Waals surface area contributed by atoms with Gasteiger partial charge in [0.2, 0.25) is 0 Å². The van der Waals surface area contributed by atoms with Gasteiger partial charge in [-0.3, -0.25) is 4.79 Å². The van der Waals surface area contributed by atoms with E-state index >= 15 is 0 Å². The van der Waals surface area contributed by atoms with E-state index < -0.39 is 11.9 Å². The quantitative estimate of drug-likeness (QED) is 0.847. The molecular weight excluding hydrogens is 340 g/mol. The molecular formula is C22H26N2O3. The number of likely N-dealkylation sites (tertiary alicyclic amines) is 1. The lowest BCUT2D eigenvalue weighted by Gasteiger charge is -2.33. The van der Waals surface area contributed by atoms with Crippen LogP contribution in [0.1, 0.15) is 36.8 Å². The number of carboxylic acids is 1. The minimum absolute atomic E-state index is 0.0245. The number of aliphatic carboxylic acids is 1. The Hall–Kier alpha value is -2.82. The molecule has 2 atom stereocenters. The second kappa shape index (κ2) is 8.71. The molecule has 3 rings (SSSR count). The fourth-order valence-corrected chi connectivity index (χ4v) is 3.82. The maximum absolute atomic E-state index is 12.8. The topological polar surface area (TPSA) is 69.6 Å². The van der Waals surface area contributed by atoms with E-state index in [0.717, 1.165) is 17.5 Å². The van der Waals surface area contributed by atoms with Crippen molar-refractivity contribution in [2.75, 3.05) is 13.1 Å². The Morgan fingerprint density at radius 2 is 1.59 bits per heavy atom. The highest BCUT2D eigenvalue weighted by Crippen LogP contribution is 2.28. The van der Waals surface area contributed by atoms with Crippen LogP contribution in [0.15, 0.2) is 60.7 Å². The summed E-state index contributed by atoms with van der Waals surface area (Å²) >= 11 is 0. The van der Waals surface area contributed by atoms with Crippen LogP contribution < -0.4 is 5.32 Å². The van der Waals surface area contributed by atoms with Gasteiger partial charge in [-0.15, -0.1) is 0 Å². The van der Waals surface area contributed by atoms with Crippen molar-refractivity contribution in [1.29, 1.82) is 0 Å². The molecule has 0 bridgehead atoms. The van der Waals surface area contributed by atoms with Crippen molar-refractivity contribution in [3.63, 3.8) is 0 Å². The van der Waals surface area contributed by atoms with Gasteiger partial charge in [-0.2, -0.15) is 0 Å². The van der Waals surface area contributed by atoms with Crippen molar-refractivity contribution < 1.29 is 14.7 Å². The first kappa shape index (κ1) is 19.0. The standard InChI is InChI=1S/C22H26N2O3/c1-16(23-22(27)24-14-8-13-19(15-24)21(25)26)20(17-9-4-2-5-10-17)18-11-6-3-7-12-18/h2-7,9-12,16,19-20H,8,13-15H2,1H3,(H,23,27)(H,25,26). The van der Waals surface area contributed by atoms with E-state index in [0.29, 0.717) is 13.0 Å². The van der Waals surface area contributed by atoms with Crippen LogP contribution in [0.4, 0.5) is 4.79 Å². The molecule has 27 heavy (non-hydrogen) atoms. The summed E-state index contributed by atoms with van der Waals surface area (Å²) in [6.07, 6.45) is 1.35. The molecule has 1 saturated heterocycles. The molecule has 1 fully saturated rings. The number of nitrogens with one attached hydrogen (secondary N) is 1. The highest BCUT2D eigenvalue weighted by Gasteiger charge is 2.30. The Morgan fingerprint density at radius 1 is 1.04 bits per heavy atom. The number of hydrogen-bond donors (Lipinski definition) is 2. The summed E-state index contributed by atoms with van der Waals surface area (Å²) in [5.74, 6) is -1.28. The molecule has 142 valence electrons. The van der Waals surface area contributed by atoms with Crippen molar-refractivity contribution in [3.8, 4) is 0 Å². The number of carbonyl (C=O) groups excluding carboxylic acids is 1.